The highest BCUT2D eigenvalue weighted by Crippen LogP contribution is 2.24. The van der Waals surface area contributed by atoms with Gasteiger partial charge in [0.2, 0.25) is 0 Å². The molecular formula is C17H17ClN2O4. The number of carbonyl (C=O) groups is 1. The Morgan fingerprint density at radius 1 is 1.25 bits per heavy atom. The maximum atomic E-state index is 12.0. The Balaban J connectivity index is 1.84. The van der Waals surface area contributed by atoms with Crippen molar-refractivity contribution in [2.45, 2.75) is 13.3 Å². The molecule has 0 unspecified atom stereocenters. The minimum absolute atomic E-state index is 0.00425. The fourth-order valence-electron chi connectivity index (χ4n) is 2.05. The highest BCUT2D eigenvalue weighted by atomic mass is 35.5. The van der Waals surface area contributed by atoms with Crippen molar-refractivity contribution in [2.75, 3.05) is 13.2 Å². The molecule has 0 heterocycles. The number of ether oxygens (including phenoxy) is 1. The first kappa shape index (κ1) is 17.7. The van der Waals surface area contributed by atoms with Crippen molar-refractivity contribution >= 4 is 23.2 Å². The van der Waals surface area contributed by atoms with Gasteiger partial charge in [-0.05, 0) is 36.2 Å². The van der Waals surface area contributed by atoms with Crippen molar-refractivity contribution in [1.82, 2.24) is 5.32 Å². The van der Waals surface area contributed by atoms with E-state index in [1.165, 1.54) is 17.7 Å². The Morgan fingerprint density at radius 2 is 1.96 bits per heavy atom. The average molecular weight is 349 g/mol. The molecule has 0 atom stereocenters. The number of hydrogen-bond acceptors (Lipinski definition) is 4. The predicted octanol–water partition coefficient (Wildman–Crippen LogP) is 3.62. The Kier molecular flexibility index (Phi) is 6.14. The Morgan fingerprint density at radius 3 is 2.58 bits per heavy atom. The molecule has 2 aromatic rings. The second-order valence-corrected chi connectivity index (χ2v) is 5.43. The SMILES string of the molecule is CCc1ccc(OCCNC(=O)c2ccc(Cl)c([N+](=O)[O-])c2)cc1. The van der Waals surface area contributed by atoms with Gasteiger partial charge in [0.05, 0.1) is 11.5 Å². The van der Waals surface area contributed by atoms with Crippen LogP contribution in [0.5, 0.6) is 5.75 Å². The summed E-state index contributed by atoms with van der Waals surface area (Å²) in [5.41, 5.74) is 1.11. The zero-order valence-corrected chi connectivity index (χ0v) is 13.9. The molecule has 0 aliphatic heterocycles. The summed E-state index contributed by atoms with van der Waals surface area (Å²) in [5.74, 6) is 0.309. The van der Waals surface area contributed by atoms with Gasteiger partial charge in [-0.1, -0.05) is 30.7 Å². The third-order valence-corrected chi connectivity index (χ3v) is 3.71. The number of amides is 1. The minimum Gasteiger partial charge on any atom is -0.492 e. The average Bonchev–Trinajstić information content (AvgIpc) is 2.59. The van der Waals surface area contributed by atoms with E-state index in [2.05, 4.69) is 12.2 Å². The highest BCUT2D eigenvalue weighted by molar-refractivity contribution is 6.32. The van der Waals surface area contributed by atoms with Gasteiger partial charge in [0.1, 0.15) is 17.4 Å². The molecule has 0 fully saturated rings. The molecule has 1 amide bonds. The number of nitrogens with one attached hydrogen (secondary N) is 1. The fraction of sp³-hybridized carbons (Fsp3) is 0.235. The number of nitrogens with zero attached hydrogens (tertiary/aromatic N) is 1. The van der Waals surface area contributed by atoms with Gasteiger partial charge in [0, 0.05) is 11.6 Å². The summed E-state index contributed by atoms with van der Waals surface area (Å²) in [6, 6.07) is 11.7. The molecule has 0 aromatic heterocycles. The summed E-state index contributed by atoms with van der Waals surface area (Å²) in [6.07, 6.45) is 0.962. The van der Waals surface area contributed by atoms with Crippen molar-refractivity contribution in [3.8, 4) is 5.75 Å². The van der Waals surface area contributed by atoms with Crippen LogP contribution < -0.4 is 10.1 Å². The molecule has 126 valence electrons. The number of carbonyl (C=O) groups excluding carboxylic acids is 1. The molecule has 1 N–H and O–H groups in total. The number of halogens is 1. The van der Waals surface area contributed by atoms with Crippen molar-refractivity contribution in [1.29, 1.82) is 0 Å². The normalized spacial score (nSPS) is 10.2. The molecule has 0 saturated carbocycles. The van der Waals surface area contributed by atoms with Crippen LogP contribution in [-0.4, -0.2) is 24.0 Å². The van der Waals surface area contributed by atoms with Crippen LogP contribution in [0.4, 0.5) is 5.69 Å². The first-order valence-corrected chi connectivity index (χ1v) is 7.83. The van der Waals surface area contributed by atoms with Crippen molar-refractivity contribution in [3.63, 3.8) is 0 Å². The Bertz CT molecular complexity index is 732. The molecule has 0 bridgehead atoms. The molecule has 7 heteroatoms. The van der Waals surface area contributed by atoms with Gasteiger partial charge in [-0.15, -0.1) is 0 Å². The Labute approximate surface area is 144 Å². The van der Waals surface area contributed by atoms with Crippen LogP contribution in [0.25, 0.3) is 0 Å². The van der Waals surface area contributed by atoms with Crippen molar-refractivity contribution in [3.05, 3.63) is 68.7 Å². The molecule has 24 heavy (non-hydrogen) atoms. The summed E-state index contributed by atoms with van der Waals surface area (Å²) in [5, 5.41) is 13.5. The summed E-state index contributed by atoms with van der Waals surface area (Å²) in [6.45, 7) is 2.66. The molecule has 0 aliphatic rings. The van der Waals surface area contributed by atoms with E-state index >= 15 is 0 Å². The monoisotopic (exact) mass is 348 g/mol. The van der Waals surface area contributed by atoms with Gasteiger partial charge in [-0.2, -0.15) is 0 Å². The minimum atomic E-state index is -0.623. The summed E-state index contributed by atoms with van der Waals surface area (Å²) < 4.78 is 5.53. The van der Waals surface area contributed by atoms with Crippen LogP contribution in [-0.2, 0) is 6.42 Å². The molecule has 0 spiro atoms. The Hall–Kier alpha value is -2.60. The predicted molar refractivity (Wildman–Crippen MR) is 91.8 cm³/mol. The largest absolute Gasteiger partial charge is 0.492 e. The lowest BCUT2D eigenvalue weighted by Crippen LogP contribution is -2.28. The van der Waals surface area contributed by atoms with Gasteiger partial charge in [0.25, 0.3) is 11.6 Å². The van der Waals surface area contributed by atoms with Crippen LogP contribution in [0.1, 0.15) is 22.8 Å². The topological polar surface area (TPSA) is 81.5 Å². The number of nitro benzene ring substituents is 1. The maximum Gasteiger partial charge on any atom is 0.288 e. The molecular weight excluding hydrogens is 332 g/mol. The van der Waals surface area contributed by atoms with Crippen LogP contribution in [0.2, 0.25) is 5.02 Å². The fourth-order valence-corrected chi connectivity index (χ4v) is 2.24. The number of hydrogen-bond donors (Lipinski definition) is 1. The first-order valence-electron chi connectivity index (χ1n) is 7.45. The van der Waals surface area contributed by atoms with E-state index in [1.807, 2.05) is 24.3 Å². The maximum absolute atomic E-state index is 12.0. The van der Waals surface area contributed by atoms with Gasteiger partial charge in [0.15, 0.2) is 0 Å². The zero-order valence-electron chi connectivity index (χ0n) is 13.1. The first-order chi connectivity index (χ1) is 11.5. The molecule has 0 radical (unpaired) electrons. The number of nitro groups is 1. The van der Waals surface area contributed by atoms with Gasteiger partial charge >= 0.3 is 0 Å². The summed E-state index contributed by atoms with van der Waals surface area (Å²) >= 11 is 5.72. The number of aryl methyl sites for hydroxylation is 1. The van der Waals surface area contributed by atoms with Gasteiger partial charge < -0.3 is 10.1 Å². The third-order valence-electron chi connectivity index (χ3n) is 3.39. The van der Waals surface area contributed by atoms with E-state index < -0.39 is 10.8 Å². The zero-order chi connectivity index (χ0) is 17.5. The lowest BCUT2D eigenvalue weighted by Gasteiger charge is -2.08. The lowest BCUT2D eigenvalue weighted by atomic mass is 10.2. The smallest absolute Gasteiger partial charge is 0.288 e. The number of rotatable bonds is 7. The van der Waals surface area contributed by atoms with Crippen LogP contribution in [0.3, 0.4) is 0 Å². The number of benzene rings is 2. The molecule has 6 nitrogen and oxygen atoms in total. The van der Waals surface area contributed by atoms with Crippen LogP contribution >= 0.6 is 11.6 Å². The van der Waals surface area contributed by atoms with Crippen LogP contribution in [0.15, 0.2) is 42.5 Å². The van der Waals surface area contributed by atoms with Crippen molar-refractivity contribution in [2.24, 2.45) is 0 Å². The quantitative estimate of drug-likeness (QED) is 0.470. The van der Waals surface area contributed by atoms with Gasteiger partial charge in [-0.25, -0.2) is 0 Å². The van der Waals surface area contributed by atoms with Crippen molar-refractivity contribution < 1.29 is 14.5 Å². The lowest BCUT2D eigenvalue weighted by molar-refractivity contribution is -0.384. The summed E-state index contributed by atoms with van der Waals surface area (Å²) in [4.78, 5) is 22.2. The van der Waals surface area contributed by atoms with E-state index in [-0.39, 0.29) is 22.8 Å². The second kappa shape index (κ2) is 8.31. The summed E-state index contributed by atoms with van der Waals surface area (Å²) in [7, 11) is 0. The molecule has 0 saturated heterocycles. The second-order valence-electron chi connectivity index (χ2n) is 5.03. The van der Waals surface area contributed by atoms with E-state index in [9.17, 15) is 14.9 Å². The van der Waals surface area contributed by atoms with E-state index in [0.717, 1.165) is 18.2 Å². The highest BCUT2D eigenvalue weighted by Gasteiger charge is 2.15. The molecule has 0 aliphatic carbocycles. The van der Waals surface area contributed by atoms with Gasteiger partial charge in [-0.3, -0.25) is 14.9 Å². The van der Waals surface area contributed by atoms with E-state index in [4.69, 9.17) is 16.3 Å². The van der Waals surface area contributed by atoms with E-state index in [1.54, 1.807) is 0 Å². The third kappa shape index (κ3) is 4.70. The molecule has 2 rings (SSSR count). The van der Waals surface area contributed by atoms with E-state index in [0.29, 0.717) is 6.61 Å². The van der Waals surface area contributed by atoms with Crippen LogP contribution in [0, 0.1) is 10.1 Å². The standard InChI is InChI=1S/C17H17ClN2O4/c1-2-12-3-6-14(7-4-12)24-10-9-19-17(21)13-5-8-15(18)16(11-13)20(22)23/h3-8,11H,2,9-10H2,1H3,(H,19,21). The molecule has 2 aromatic carbocycles.